The van der Waals surface area contributed by atoms with Crippen molar-refractivity contribution < 1.29 is 18.7 Å². The van der Waals surface area contributed by atoms with Crippen molar-refractivity contribution in [2.45, 2.75) is 45.1 Å². The maximum Gasteiger partial charge on any atom is 0.307 e. The fourth-order valence-electron chi connectivity index (χ4n) is 3.06. The number of esters is 1. The summed E-state index contributed by atoms with van der Waals surface area (Å²) in [4.78, 5) is 26.0. The maximum absolute atomic E-state index is 12.8. The van der Waals surface area contributed by atoms with Crippen molar-refractivity contribution in [3.8, 4) is 0 Å². The molecule has 0 aliphatic heterocycles. The van der Waals surface area contributed by atoms with Gasteiger partial charge in [0.15, 0.2) is 10.4 Å². The van der Waals surface area contributed by atoms with Crippen molar-refractivity contribution in [1.29, 1.82) is 0 Å². The molecule has 2 atom stereocenters. The molecule has 5 nitrogen and oxygen atoms in total. The first kappa shape index (κ1) is 17.1. The summed E-state index contributed by atoms with van der Waals surface area (Å²) in [5.41, 5.74) is 0. The number of furan rings is 1. The number of nitrogens with zero attached hydrogens (tertiary/aromatic N) is 1. The summed E-state index contributed by atoms with van der Waals surface area (Å²) in [6, 6.07) is 3.51. The van der Waals surface area contributed by atoms with Crippen LogP contribution in [0.3, 0.4) is 0 Å². The van der Waals surface area contributed by atoms with Crippen LogP contribution in [0.15, 0.2) is 21.2 Å². The Hall–Kier alpha value is -1.30. The SMILES string of the molecule is COC(=O)CCN(C(=O)c1ccc(Br)o1)C1CCCCC1C. The van der Waals surface area contributed by atoms with Crippen molar-refractivity contribution in [2.24, 2.45) is 5.92 Å². The van der Waals surface area contributed by atoms with Crippen molar-refractivity contribution >= 4 is 27.8 Å². The number of methoxy groups -OCH3 is 1. The first-order chi connectivity index (χ1) is 10.5. The Labute approximate surface area is 139 Å². The summed E-state index contributed by atoms with van der Waals surface area (Å²) in [5, 5.41) is 0. The predicted octanol–water partition coefficient (Wildman–Crippen LogP) is 3.63. The number of hydrogen-bond acceptors (Lipinski definition) is 4. The van der Waals surface area contributed by atoms with Crippen LogP contribution in [0, 0.1) is 5.92 Å². The van der Waals surface area contributed by atoms with Gasteiger partial charge in [-0.1, -0.05) is 19.8 Å². The van der Waals surface area contributed by atoms with Gasteiger partial charge in [-0.25, -0.2) is 0 Å². The second-order valence-electron chi connectivity index (χ2n) is 5.76. The van der Waals surface area contributed by atoms with Crippen molar-refractivity contribution in [2.75, 3.05) is 13.7 Å². The quantitative estimate of drug-likeness (QED) is 0.741. The van der Waals surface area contributed by atoms with Crippen molar-refractivity contribution in [3.05, 3.63) is 22.6 Å². The topological polar surface area (TPSA) is 59.8 Å². The molecule has 1 fully saturated rings. The molecule has 0 bridgehead atoms. The lowest BCUT2D eigenvalue weighted by Crippen LogP contribution is -2.46. The Morgan fingerprint density at radius 1 is 1.36 bits per heavy atom. The van der Waals surface area contributed by atoms with Gasteiger partial charge in [-0.2, -0.15) is 0 Å². The first-order valence-electron chi connectivity index (χ1n) is 7.66. The first-order valence-corrected chi connectivity index (χ1v) is 8.45. The van der Waals surface area contributed by atoms with Crippen LogP contribution in [0.5, 0.6) is 0 Å². The van der Waals surface area contributed by atoms with Crippen LogP contribution in [0.25, 0.3) is 0 Å². The number of amides is 1. The van der Waals surface area contributed by atoms with E-state index in [-0.39, 0.29) is 24.3 Å². The average Bonchev–Trinajstić information content (AvgIpc) is 2.95. The van der Waals surface area contributed by atoms with Gasteiger partial charge in [0, 0.05) is 12.6 Å². The summed E-state index contributed by atoms with van der Waals surface area (Å²) >= 11 is 3.22. The van der Waals surface area contributed by atoms with Gasteiger partial charge in [0.25, 0.3) is 5.91 Å². The molecular weight excluding hydrogens is 350 g/mol. The minimum Gasteiger partial charge on any atom is -0.469 e. The van der Waals surface area contributed by atoms with Crippen LogP contribution < -0.4 is 0 Å². The monoisotopic (exact) mass is 371 g/mol. The van der Waals surface area contributed by atoms with Gasteiger partial charge in [0.05, 0.1) is 13.5 Å². The minimum atomic E-state index is -0.304. The van der Waals surface area contributed by atoms with E-state index in [9.17, 15) is 9.59 Å². The van der Waals surface area contributed by atoms with Crippen LogP contribution in [-0.2, 0) is 9.53 Å². The number of carbonyl (C=O) groups is 2. The molecule has 6 heteroatoms. The lowest BCUT2D eigenvalue weighted by Gasteiger charge is -2.38. The molecule has 1 aromatic heterocycles. The maximum atomic E-state index is 12.8. The van der Waals surface area contributed by atoms with Gasteiger partial charge >= 0.3 is 5.97 Å². The lowest BCUT2D eigenvalue weighted by molar-refractivity contribution is -0.141. The summed E-state index contributed by atoms with van der Waals surface area (Å²) in [6.45, 7) is 2.53. The molecule has 0 aromatic carbocycles. The second-order valence-corrected chi connectivity index (χ2v) is 6.54. The molecule has 1 aromatic rings. The van der Waals surface area contributed by atoms with Gasteiger partial charge in [-0.05, 0) is 46.8 Å². The third-order valence-corrected chi connectivity index (χ3v) is 4.72. The predicted molar refractivity (Wildman–Crippen MR) is 85.5 cm³/mol. The highest BCUT2D eigenvalue weighted by Crippen LogP contribution is 2.30. The summed E-state index contributed by atoms with van der Waals surface area (Å²) < 4.78 is 10.6. The molecule has 1 heterocycles. The largest absolute Gasteiger partial charge is 0.469 e. The molecule has 1 aliphatic rings. The fourth-order valence-corrected chi connectivity index (χ4v) is 3.37. The van der Waals surface area contributed by atoms with Gasteiger partial charge in [0.1, 0.15) is 0 Å². The Morgan fingerprint density at radius 3 is 2.68 bits per heavy atom. The van der Waals surface area contributed by atoms with E-state index in [2.05, 4.69) is 22.9 Å². The van der Waals surface area contributed by atoms with E-state index < -0.39 is 0 Å². The highest BCUT2D eigenvalue weighted by molar-refractivity contribution is 9.10. The lowest BCUT2D eigenvalue weighted by atomic mass is 9.84. The Balaban J connectivity index is 2.16. The van der Waals surface area contributed by atoms with Gasteiger partial charge < -0.3 is 14.1 Å². The fraction of sp³-hybridized carbons (Fsp3) is 0.625. The molecule has 0 spiro atoms. The molecular formula is C16H22BrNO4. The van der Waals surface area contributed by atoms with Crippen LogP contribution in [0.1, 0.15) is 49.6 Å². The third kappa shape index (κ3) is 4.12. The zero-order chi connectivity index (χ0) is 16.1. The molecule has 1 aliphatic carbocycles. The second kappa shape index (κ2) is 7.81. The van der Waals surface area contributed by atoms with Crippen LogP contribution in [-0.4, -0.2) is 36.5 Å². The average molecular weight is 372 g/mol. The van der Waals surface area contributed by atoms with Crippen LogP contribution >= 0.6 is 15.9 Å². The molecule has 122 valence electrons. The van der Waals surface area contributed by atoms with E-state index in [1.165, 1.54) is 13.5 Å². The number of halogens is 1. The highest BCUT2D eigenvalue weighted by Gasteiger charge is 2.32. The highest BCUT2D eigenvalue weighted by atomic mass is 79.9. The van der Waals surface area contributed by atoms with E-state index in [1.807, 2.05) is 0 Å². The summed E-state index contributed by atoms with van der Waals surface area (Å²) in [7, 11) is 1.36. The number of carbonyl (C=O) groups excluding carboxylic acids is 2. The molecule has 1 saturated carbocycles. The minimum absolute atomic E-state index is 0.148. The normalized spacial score (nSPS) is 21.4. The molecule has 1 amide bonds. The van der Waals surface area contributed by atoms with Crippen molar-refractivity contribution in [1.82, 2.24) is 4.90 Å². The van der Waals surface area contributed by atoms with E-state index in [4.69, 9.17) is 9.15 Å². The molecule has 22 heavy (non-hydrogen) atoms. The van der Waals surface area contributed by atoms with Gasteiger partial charge in [0.2, 0.25) is 0 Å². The molecule has 2 unspecified atom stereocenters. The Bertz CT molecular complexity index is 528. The summed E-state index contributed by atoms with van der Waals surface area (Å²) in [6.07, 6.45) is 4.58. The standard InChI is InChI=1S/C16H22BrNO4/c1-11-5-3-4-6-12(11)18(10-9-15(19)21-2)16(20)13-7-8-14(17)22-13/h7-8,11-12H,3-6,9-10H2,1-2H3. The number of hydrogen-bond donors (Lipinski definition) is 0. The molecule has 0 radical (unpaired) electrons. The number of ether oxygens (including phenoxy) is 1. The number of rotatable bonds is 5. The van der Waals surface area contributed by atoms with E-state index in [0.29, 0.717) is 22.9 Å². The van der Waals surface area contributed by atoms with E-state index >= 15 is 0 Å². The van der Waals surface area contributed by atoms with Crippen LogP contribution in [0.4, 0.5) is 0 Å². The van der Waals surface area contributed by atoms with E-state index in [0.717, 1.165) is 19.3 Å². The van der Waals surface area contributed by atoms with Gasteiger partial charge in [-0.3, -0.25) is 9.59 Å². The zero-order valence-corrected chi connectivity index (χ0v) is 14.6. The molecule has 2 rings (SSSR count). The Morgan fingerprint density at radius 2 is 2.09 bits per heavy atom. The van der Waals surface area contributed by atoms with Gasteiger partial charge in [-0.15, -0.1) is 0 Å². The third-order valence-electron chi connectivity index (χ3n) is 4.30. The van der Waals surface area contributed by atoms with Crippen LogP contribution in [0.2, 0.25) is 0 Å². The molecule has 0 saturated heterocycles. The zero-order valence-electron chi connectivity index (χ0n) is 13.0. The van der Waals surface area contributed by atoms with E-state index in [1.54, 1.807) is 17.0 Å². The molecule has 0 N–H and O–H groups in total. The van der Waals surface area contributed by atoms with Crippen molar-refractivity contribution in [3.63, 3.8) is 0 Å². The smallest absolute Gasteiger partial charge is 0.307 e. The Kier molecular flexibility index (Phi) is 6.06. The summed E-state index contributed by atoms with van der Waals surface area (Å²) in [5.74, 6) is 0.263.